The van der Waals surface area contributed by atoms with Crippen molar-refractivity contribution in [2.75, 3.05) is 6.54 Å². The van der Waals surface area contributed by atoms with Crippen LogP contribution in [0.4, 0.5) is 0 Å². The van der Waals surface area contributed by atoms with Gasteiger partial charge in [0.15, 0.2) is 0 Å². The molecular formula is C23H51ClN2O. The molecule has 0 aliphatic heterocycles. The highest BCUT2D eigenvalue weighted by molar-refractivity contribution is 5.85. The first-order valence-electron chi connectivity index (χ1n) is 11.4. The quantitative estimate of drug-likeness (QED) is 0.252. The van der Waals surface area contributed by atoms with Crippen LogP contribution in [0.25, 0.3) is 0 Å². The molecule has 0 saturated carbocycles. The van der Waals surface area contributed by atoms with Crippen LogP contribution in [0, 0.1) is 5.41 Å². The molecule has 0 aromatic heterocycles. The Balaban J connectivity index is -0.00000104. The zero-order valence-corrected chi connectivity index (χ0v) is 19.8. The topological polar surface area (TPSA) is 69.1 Å². The fourth-order valence-corrected chi connectivity index (χ4v) is 2.88. The van der Waals surface area contributed by atoms with E-state index in [2.05, 4.69) is 13.8 Å². The Morgan fingerprint density at radius 1 is 0.667 bits per heavy atom. The summed E-state index contributed by atoms with van der Waals surface area (Å²) < 4.78 is 0. The van der Waals surface area contributed by atoms with E-state index in [4.69, 9.17) is 11.5 Å². The molecular weight excluding hydrogens is 356 g/mol. The van der Waals surface area contributed by atoms with Crippen molar-refractivity contribution in [3.05, 3.63) is 0 Å². The number of rotatable bonds is 17. The maximum atomic E-state index is 11.2. The molecule has 0 atom stereocenters. The molecule has 4 N–H and O–H groups in total. The fraction of sp³-hybridized carbons (Fsp3) is 0.957. The molecule has 0 aliphatic carbocycles. The van der Waals surface area contributed by atoms with Crippen molar-refractivity contribution >= 4 is 18.3 Å². The second-order valence-corrected chi connectivity index (χ2v) is 8.38. The van der Waals surface area contributed by atoms with E-state index >= 15 is 0 Å². The van der Waals surface area contributed by atoms with Crippen molar-refractivity contribution in [2.24, 2.45) is 16.9 Å². The van der Waals surface area contributed by atoms with Crippen molar-refractivity contribution in [1.82, 2.24) is 0 Å². The summed E-state index contributed by atoms with van der Waals surface area (Å²) in [7, 11) is 0. The first kappa shape index (κ1) is 31.4. The summed E-state index contributed by atoms with van der Waals surface area (Å²) in [5, 5.41) is 0. The number of primary amides is 1. The highest BCUT2D eigenvalue weighted by Crippen LogP contribution is 2.23. The van der Waals surface area contributed by atoms with Crippen LogP contribution in [0.5, 0.6) is 0 Å². The summed E-state index contributed by atoms with van der Waals surface area (Å²) in [6.45, 7) is 9.06. The molecule has 0 aliphatic rings. The summed E-state index contributed by atoms with van der Waals surface area (Å²) in [4.78, 5) is 11.2. The molecule has 0 aromatic rings. The summed E-state index contributed by atoms with van der Waals surface area (Å²) in [6.07, 6.45) is 21.2. The van der Waals surface area contributed by atoms with Crippen molar-refractivity contribution in [3.8, 4) is 0 Å². The Morgan fingerprint density at radius 3 is 1.22 bits per heavy atom. The zero-order chi connectivity index (χ0) is 20.1. The molecule has 0 bridgehead atoms. The second-order valence-electron chi connectivity index (χ2n) is 8.38. The molecule has 0 rings (SSSR count). The van der Waals surface area contributed by atoms with Crippen molar-refractivity contribution in [1.29, 1.82) is 0 Å². The fourth-order valence-electron chi connectivity index (χ4n) is 2.88. The second kappa shape index (κ2) is 23.8. The molecule has 4 heteroatoms. The van der Waals surface area contributed by atoms with Crippen LogP contribution in [0.2, 0.25) is 0 Å². The van der Waals surface area contributed by atoms with Gasteiger partial charge in [-0.2, -0.15) is 0 Å². The van der Waals surface area contributed by atoms with Crippen molar-refractivity contribution < 1.29 is 4.79 Å². The van der Waals surface area contributed by atoms with Gasteiger partial charge in [-0.25, -0.2) is 0 Å². The number of carbonyl (C=O) groups is 1. The normalized spacial score (nSPS) is 10.7. The van der Waals surface area contributed by atoms with E-state index in [0.717, 1.165) is 25.8 Å². The Kier molecular flexibility index (Phi) is 27.6. The van der Waals surface area contributed by atoms with E-state index in [1.54, 1.807) is 0 Å². The molecule has 0 heterocycles. The number of unbranched alkanes of at least 4 members (excludes halogenated alkanes) is 13. The minimum Gasteiger partial charge on any atom is -0.369 e. The minimum absolute atomic E-state index is 0. The largest absolute Gasteiger partial charge is 0.369 e. The summed E-state index contributed by atoms with van der Waals surface area (Å²) in [5.74, 6) is -0.165. The first-order valence-corrected chi connectivity index (χ1v) is 11.4. The molecule has 0 spiro atoms. The lowest BCUT2D eigenvalue weighted by Crippen LogP contribution is -2.31. The Hall–Kier alpha value is -0.280. The van der Waals surface area contributed by atoms with Crippen molar-refractivity contribution in [3.63, 3.8) is 0 Å². The summed E-state index contributed by atoms with van der Waals surface area (Å²) in [6, 6.07) is 0. The van der Waals surface area contributed by atoms with Gasteiger partial charge in [-0.05, 0) is 19.4 Å². The first-order chi connectivity index (χ1) is 12.4. The van der Waals surface area contributed by atoms with E-state index < -0.39 is 0 Å². The molecule has 166 valence electrons. The lowest BCUT2D eigenvalue weighted by Gasteiger charge is -2.19. The third-order valence-electron chi connectivity index (χ3n) is 5.11. The van der Waals surface area contributed by atoms with Crippen LogP contribution in [0.1, 0.15) is 130 Å². The standard InChI is InChI=1S/C20H41NO.C3H9N.ClH/c1-4-5-6-7-8-9-10-11-12-13-14-15-16-17-18-20(2,3)19(21)22;1-2-3-4;/h4-18H2,1-3H3,(H2,21,22);2-4H2,1H3;1H. The molecule has 0 aromatic carbocycles. The number of nitrogens with two attached hydrogens (primary N) is 2. The van der Waals surface area contributed by atoms with Gasteiger partial charge in [-0.1, -0.05) is 118 Å². The molecule has 1 amide bonds. The van der Waals surface area contributed by atoms with Gasteiger partial charge < -0.3 is 11.5 Å². The summed E-state index contributed by atoms with van der Waals surface area (Å²) in [5.41, 5.74) is 10.1. The zero-order valence-electron chi connectivity index (χ0n) is 19.0. The van der Waals surface area contributed by atoms with Crippen molar-refractivity contribution in [2.45, 2.75) is 130 Å². The van der Waals surface area contributed by atoms with Gasteiger partial charge in [-0.3, -0.25) is 4.79 Å². The van der Waals surface area contributed by atoms with Crippen LogP contribution in [0.15, 0.2) is 0 Å². The highest BCUT2D eigenvalue weighted by Gasteiger charge is 2.23. The predicted molar refractivity (Wildman–Crippen MR) is 124 cm³/mol. The van der Waals surface area contributed by atoms with Gasteiger partial charge in [-0.15, -0.1) is 12.4 Å². The van der Waals surface area contributed by atoms with Crippen LogP contribution >= 0.6 is 12.4 Å². The molecule has 0 unspecified atom stereocenters. The average Bonchev–Trinajstić information content (AvgIpc) is 2.62. The van der Waals surface area contributed by atoms with E-state index in [1.807, 2.05) is 13.8 Å². The minimum atomic E-state index is -0.322. The molecule has 27 heavy (non-hydrogen) atoms. The Bertz CT molecular complexity index is 294. The lowest BCUT2D eigenvalue weighted by atomic mass is 9.86. The van der Waals surface area contributed by atoms with Gasteiger partial charge in [0.25, 0.3) is 0 Å². The molecule has 0 radical (unpaired) electrons. The number of carbonyl (C=O) groups excluding carboxylic acids is 1. The van der Waals surface area contributed by atoms with Crippen LogP contribution in [0.3, 0.4) is 0 Å². The van der Waals surface area contributed by atoms with Gasteiger partial charge in [0.2, 0.25) is 5.91 Å². The monoisotopic (exact) mass is 406 g/mol. The van der Waals surface area contributed by atoms with Crippen LogP contribution < -0.4 is 11.5 Å². The SMILES string of the molecule is CCCCCCCCCCCCCCCCC(C)(C)C(N)=O.CCCN.Cl. The van der Waals surface area contributed by atoms with Gasteiger partial charge >= 0.3 is 0 Å². The maximum absolute atomic E-state index is 11.2. The number of amides is 1. The Labute approximate surface area is 177 Å². The van der Waals surface area contributed by atoms with Gasteiger partial charge in [0.1, 0.15) is 0 Å². The average molecular weight is 407 g/mol. The number of hydrogen-bond donors (Lipinski definition) is 2. The molecule has 0 fully saturated rings. The predicted octanol–water partition coefficient (Wildman–Crippen LogP) is 7.15. The maximum Gasteiger partial charge on any atom is 0.223 e. The number of halogens is 1. The van der Waals surface area contributed by atoms with Gasteiger partial charge in [0.05, 0.1) is 0 Å². The molecule has 0 saturated heterocycles. The molecule has 3 nitrogen and oxygen atoms in total. The van der Waals surface area contributed by atoms with Gasteiger partial charge in [0, 0.05) is 5.41 Å². The number of hydrogen-bond acceptors (Lipinski definition) is 2. The lowest BCUT2D eigenvalue weighted by molar-refractivity contribution is -0.126. The highest BCUT2D eigenvalue weighted by atomic mass is 35.5. The van der Waals surface area contributed by atoms with Crippen LogP contribution in [-0.2, 0) is 4.79 Å². The van der Waals surface area contributed by atoms with E-state index in [1.165, 1.54) is 83.5 Å². The van der Waals surface area contributed by atoms with E-state index in [9.17, 15) is 4.79 Å². The summed E-state index contributed by atoms with van der Waals surface area (Å²) >= 11 is 0. The Morgan fingerprint density at radius 2 is 0.963 bits per heavy atom. The third-order valence-corrected chi connectivity index (χ3v) is 5.11. The smallest absolute Gasteiger partial charge is 0.223 e. The third kappa shape index (κ3) is 25.7. The van der Waals surface area contributed by atoms with Crippen LogP contribution in [-0.4, -0.2) is 12.5 Å². The van der Waals surface area contributed by atoms with E-state index in [0.29, 0.717) is 0 Å². The van der Waals surface area contributed by atoms with E-state index in [-0.39, 0.29) is 23.7 Å².